The largest absolute Gasteiger partial charge is 0.494 e. The number of carbonyl (C=O) groups is 3. The van der Waals surface area contributed by atoms with Crippen LogP contribution in [0.4, 0.5) is 5.69 Å². The molecule has 42 heavy (non-hydrogen) atoms. The maximum Gasteiger partial charge on any atom is 0.254 e. The van der Waals surface area contributed by atoms with E-state index in [0.717, 1.165) is 5.56 Å². The SMILES string of the molecule is CCOc1cc2cc(c1)C(=O)N(C)CC(=O)N[C@H]1CN(CC(=O)Nc3cnn(C)c3)CC[C@H]1OCc1cccc(c1)O2. The minimum Gasteiger partial charge on any atom is -0.494 e. The van der Waals surface area contributed by atoms with Crippen LogP contribution in [0.3, 0.4) is 0 Å². The number of nitrogens with zero attached hydrogens (tertiary/aromatic N) is 4. The number of aryl methyl sites for hydroxylation is 1. The molecule has 1 aromatic heterocycles. The van der Waals surface area contributed by atoms with E-state index in [1.54, 1.807) is 49.4 Å². The van der Waals surface area contributed by atoms with Gasteiger partial charge in [0.15, 0.2) is 0 Å². The Labute approximate surface area is 244 Å². The average molecular weight is 577 g/mol. The van der Waals surface area contributed by atoms with E-state index >= 15 is 0 Å². The molecular weight excluding hydrogens is 540 g/mol. The number of fused-ring (bicyclic) bond motifs is 5. The highest BCUT2D eigenvalue weighted by atomic mass is 16.5. The predicted octanol–water partition coefficient (Wildman–Crippen LogP) is 2.41. The molecule has 5 rings (SSSR count). The lowest BCUT2D eigenvalue weighted by Crippen LogP contribution is -2.58. The van der Waals surface area contributed by atoms with Crippen LogP contribution in [-0.4, -0.2) is 89.3 Å². The second-order valence-electron chi connectivity index (χ2n) is 10.5. The molecule has 2 aliphatic heterocycles. The van der Waals surface area contributed by atoms with Crippen LogP contribution < -0.4 is 20.1 Å². The van der Waals surface area contributed by atoms with E-state index < -0.39 is 0 Å². The van der Waals surface area contributed by atoms with Crippen molar-refractivity contribution in [3.63, 3.8) is 0 Å². The molecule has 12 heteroatoms. The van der Waals surface area contributed by atoms with Gasteiger partial charge in [0.1, 0.15) is 17.2 Å². The van der Waals surface area contributed by atoms with E-state index in [9.17, 15) is 14.4 Å². The highest BCUT2D eigenvalue weighted by Gasteiger charge is 2.32. The lowest BCUT2D eigenvalue weighted by molar-refractivity contribution is -0.125. The summed E-state index contributed by atoms with van der Waals surface area (Å²) in [5.41, 5.74) is 1.87. The first-order chi connectivity index (χ1) is 20.2. The maximum absolute atomic E-state index is 13.3. The molecule has 0 spiro atoms. The van der Waals surface area contributed by atoms with Gasteiger partial charge in [0, 0.05) is 45.0 Å². The lowest BCUT2D eigenvalue weighted by atomic mass is 10.0. The number of piperidine rings is 1. The van der Waals surface area contributed by atoms with Crippen LogP contribution in [0.15, 0.2) is 54.9 Å². The highest BCUT2D eigenvalue weighted by Crippen LogP contribution is 2.29. The van der Waals surface area contributed by atoms with Crippen molar-refractivity contribution in [1.29, 1.82) is 0 Å². The molecule has 3 aromatic rings. The molecule has 4 bridgehead atoms. The Balaban J connectivity index is 1.35. The maximum atomic E-state index is 13.3. The van der Waals surface area contributed by atoms with Gasteiger partial charge in [-0.25, -0.2) is 0 Å². The summed E-state index contributed by atoms with van der Waals surface area (Å²) in [6, 6.07) is 12.2. The third-order valence-electron chi connectivity index (χ3n) is 7.10. The molecule has 0 aliphatic carbocycles. The number of anilines is 1. The molecule has 3 amide bonds. The Morgan fingerprint density at radius 1 is 1.17 bits per heavy atom. The molecule has 222 valence electrons. The third-order valence-corrected chi connectivity index (χ3v) is 7.10. The molecule has 3 heterocycles. The Kier molecular flexibility index (Phi) is 9.03. The predicted molar refractivity (Wildman–Crippen MR) is 154 cm³/mol. The van der Waals surface area contributed by atoms with Gasteiger partial charge >= 0.3 is 0 Å². The Morgan fingerprint density at radius 2 is 2.02 bits per heavy atom. The number of hydrogen-bond donors (Lipinski definition) is 2. The molecule has 12 nitrogen and oxygen atoms in total. The van der Waals surface area contributed by atoms with Gasteiger partial charge in [0.2, 0.25) is 11.8 Å². The minimum atomic E-state index is -0.388. The Bertz CT molecular complexity index is 1440. The number of ether oxygens (including phenoxy) is 3. The second-order valence-corrected chi connectivity index (χ2v) is 10.5. The topological polar surface area (TPSA) is 127 Å². The summed E-state index contributed by atoms with van der Waals surface area (Å²) < 4.78 is 19.7. The minimum absolute atomic E-state index is 0.155. The zero-order chi connectivity index (χ0) is 29.6. The number of amides is 3. The van der Waals surface area contributed by atoms with E-state index in [-0.39, 0.29) is 43.0 Å². The van der Waals surface area contributed by atoms with Crippen molar-refractivity contribution >= 4 is 23.4 Å². The number of carbonyl (C=O) groups excluding carboxylic acids is 3. The number of nitrogens with one attached hydrogen (secondary N) is 2. The van der Waals surface area contributed by atoms with Gasteiger partial charge in [0.05, 0.1) is 50.3 Å². The summed E-state index contributed by atoms with van der Waals surface area (Å²) >= 11 is 0. The summed E-state index contributed by atoms with van der Waals surface area (Å²) in [5.74, 6) is 0.711. The summed E-state index contributed by atoms with van der Waals surface area (Å²) in [5, 5.41) is 9.99. The average Bonchev–Trinajstić information content (AvgIpc) is 3.35. The van der Waals surface area contributed by atoms with Crippen molar-refractivity contribution < 1.29 is 28.6 Å². The molecule has 1 saturated heterocycles. The van der Waals surface area contributed by atoms with Gasteiger partial charge in [-0.2, -0.15) is 5.10 Å². The number of hydrogen-bond acceptors (Lipinski definition) is 8. The van der Waals surface area contributed by atoms with E-state index in [4.69, 9.17) is 14.2 Å². The zero-order valence-corrected chi connectivity index (χ0v) is 24.0. The molecule has 2 N–H and O–H groups in total. The Morgan fingerprint density at radius 3 is 2.81 bits per heavy atom. The van der Waals surface area contributed by atoms with Gasteiger partial charge in [0.25, 0.3) is 5.91 Å². The number of benzene rings is 2. The molecule has 1 fully saturated rings. The number of likely N-dealkylation sites (tertiary alicyclic amines) is 1. The summed E-state index contributed by atoms with van der Waals surface area (Å²) in [6.45, 7) is 3.64. The molecule has 0 radical (unpaired) electrons. The second kappa shape index (κ2) is 13.0. The van der Waals surface area contributed by atoms with Gasteiger partial charge < -0.3 is 29.7 Å². The van der Waals surface area contributed by atoms with Gasteiger partial charge in [-0.3, -0.25) is 24.0 Å². The van der Waals surface area contributed by atoms with E-state index in [1.807, 2.05) is 36.1 Å². The van der Waals surface area contributed by atoms with Crippen molar-refractivity contribution in [2.24, 2.45) is 7.05 Å². The van der Waals surface area contributed by atoms with Crippen LogP contribution in [0.5, 0.6) is 17.2 Å². The van der Waals surface area contributed by atoms with Crippen LogP contribution >= 0.6 is 0 Å². The van der Waals surface area contributed by atoms with E-state index in [0.29, 0.717) is 61.2 Å². The van der Waals surface area contributed by atoms with Gasteiger partial charge in [-0.05, 0) is 43.2 Å². The summed E-state index contributed by atoms with van der Waals surface area (Å²) in [7, 11) is 3.36. The van der Waals surface area contributed by atoms with Crippen molar-refractivity contribution in [2.75, 3.05) is 45.2 Å². The van der Waals surface area contributed by atoms with Crippen molar-refractivity contribution in [2.45, 2.75) is 32.1 Å². The van der Waals surface area contributed by atoms with Crippen LogP contribution in [0.1, 0.15) is 29.3 Å². The summed E-state index contributed by atoms with van der Waals surface area (Å²) in [4.78, 5) is 42.6. The third kappa shape index (κ3) is 7.45. The van der Waals surface area contributed by atoms with Crippen LogP contribution in [0.25, 0.3) is 0 Å². The molecule has 0 saturated carbocycles. The van der Waals surface area contributed by atoms with Crippen LogP contribution in [0, 0.1) is 0 Å². The van der Waals surface area contributed by atoms with E-state index in [2.05, 4.69) is 15.7 Å². The highest BCUT2D eigenvalue weighted by molar-refractivity contribution is 5.97. The molecule has 2 aliphatic rings. The Hall–Kier alpha value is -4.42. The van der Waals surface area contributed by atoms with Crippen LogP contribution in [-0.2, 0) is 28.0 Å². The first kappa shape index (κ1) is 29.1. The number of aromatic nitrogens is 2. The molecule has 2 atom stereocenters. The normalized spacial score (nSPS) is 19.8. The first-order valence-electron chi connectivity index (χ1n) is 14.0. The molecular formula is C30H36N6O6. The lowest BCUT2D eigenvalue weighted by Gasteiger charge is -2.38. The fraction of sp³-hybridized carbons (Fsp3) is 0.400. The van der Waals surface area contributed by atoms with Gasteiger partial charge in [-0.1, -0.05) is 12.1 Å². The molecule has 2 aromatic carbocycles. The van der Waals surface area contributed by atoms with Crippen molar-refractivity contribution in [3.8, 4) is 17.2 Å². The zero-order valence-electron chi connectivity index (χ0n) is 24.0. The first-order valence-corrected chi connectivity index (χ1v) is 14.0. The fourth-order valence-electron chi connectivity index (χ4n) is 5.17. The van der Waals surface area contributed by atoms with E-state index in [1.165, 1.54) is 4.90 Å². The van der Waals surface area contributed by atoms with Crippen molar-refractivity contribution in [3.05, 3.63) is 66.0 Å². The van der Waals surface area contributed by atoms with Crippen molar-refractivity contribution in [1.82, 2.24) is 24.9 Å². The van der Waals surface area contributed by atoms with Crippen LogP contribution in [0.2, 0.25) is 0 Å². The molecule has 0 unspecified atom stereocenters. The standard InChI is InChI=1S/C30H36N6O6/c1-4-40-24-11-21-12-25(13-24)42-23-7-5-6-20(10-23)19-41-27-8-9-36(18-29(38)32-22-14-31-35(3)15-22)16-26(27)33-28(37)17-34(2)30(21)39/h5-7,10-15,26-27H,4,8-9,16-19H2,1-3H3,(H,32,38)(H,33,37)/t26-,27+/m0/s1. The quantitative estimate of drug-likeness (QED) is 0.474. The number of likely N-dealkylation sites (N-methyl/N-ethyl adjacent to an activating group) is 1. The van der Waals surface area contributed by atoms with Gasteiger partial charge in [-0.15, -0.1) is 0 Å². The number of rotatable bonds is 5. The monoisotopic (exact) mass is 576 g/mol. The smallest absolute Gasteiger partial charge is 0.254 e. The fourth-order valence-corrected chi connectivity index (χ4v) is 5.17. The summed E-state index contributed by atoms with van der Waals surface area (Å²) in [6.07, 6.45) is 3.64.